The molecule has 0 N–H and O–H groups in total. The van der Waals surface area contributed by atoms with Crippen LogP contribution in [0.3, 0.4) is 0 Å². The first-order valence-corrected chi connectivity index (χ1v) is 11.6. The number of nitrogens with zero attached hydrogens (tertiary/aromatic N) is 2. The first-order chi connectivity index (χ1) is 14.9. The molecule has 7 heteroatoms. The second-order valence-electron chi connectivity index (χ2n) is 7.60. The molecule has 162 valence electrons. The van der Waals surface area contributed by atoms with Crippen molar-refractivity contribution in [3.8, 4) is 11.5 Å². The van der Waals surface area contributed by atoms with Crippen molar-refractivity contribution in [2.24, 2.45) is 0 Å². The lowest BCUT2D eigenvalue weighted by atomic mass is 10.0. The van der Waals surface area contributed by atoms with Gasteiger partial charge in [0.2, 0.25) is 10.0 Å². The van der Waals surface area contributed by atoms with Crippen LogP contribution in [0, 0.1) is 0 Å². The molecule has 1 heterocycles. The van der Waals surface area contributed by atoms with Gasteiger partial charge in [-0.3, -0.25) is 4.84 Å². The largest absolute Gasteiger partial charge is 0.457 e. The minimum absolute atomic E-state index is 0.104. The summed E-state index contributed by atoms with van der Waals surface area (Å²) >= 11 is 0. The molecular weight excluding hydrogens is 412 g/mol. The average Bonchev–Trinajstić information content (AvgIpc) is 3.17. The van der Waals surface area contributed by atoms with E-state index in [1.807, 2.05) is 84.9 Å². The van der Waals surface area contributed by atoms with Gasteiger partial charge in [0, 0.05) is 20.6 Å². The summed E-state index contributed by atoms with van der Waals surface area (Å²) < 4.78 is 34.2. The Kier molecular flexibility index (Phi) is 6.38. The Morgan fingerprint density at radius 1 is 0.968 bits per heavy atom. The van der Waals surface area contributed by atoms with E-state index >= 15 is 0 Å². The summed E-state index contributed by atoms with van der Waals surface area (Å²) in [4.78, 5) is 5.66. The molecule has 0 radical (unpaired) electrons. The van der Waals surface area contributed by atoms with Crippen molar-refractivity contribution in [3.63, 3.8) is 0 Å². The number of para-hydroxylation sites is 1. The molecule has 0 spiro atoms. The standard InChI is InChI=1S/C24H26N2O4S/c1-25(17-19-10-5-3-6-11-19)31(27,28)23-18-29-26(2)24(23)20-12-9-15-22(16-20)30-21-13-7-4-8-14-21/h3-16,23-24H,17-18H2,1-2H3. The fourth-order valence-electron chi connectivity index (χ4n) is 3.82. The summed E-state index contributed by atoms with van der Waals surface area (Å²) in [6.07, 6.45) is 0. The molecule has 0 amide bonds. The van der Waals surface area contributed by atoms with Gasteiger partial charge in [0.1, 0.15) is 16.7 Å². The smallest absolute Gasteiger partial charge is 0.221 e. The van der Waals surface area contributed by atoms with Gasteiger partial charge in [-0.05, 0) is 35.4 Å². The summed E-state index contributed by atoms with van der Waals surface area (Å²) in [5.74, 6) is 1.38. The molecule has 0 aliphatic carbocycles. The summed E-state index contributed by atoms with van der Waals surface area (Å²) in [5, 5.41) is 0.901. The monoisotopic (exact) mass is 438 g/mol. The van der Waals surface area contributed by atoms with E-state index in [0.717, 1.165) is 16.9 Å². The van der Waals surface area contributed by atoms with Gasteiger partial charge in [-0.1, -0.05) is 60.7 Å². The van der Waals surface area contributed by atoms with E-state index in [1.165, 1.54) is 4.31 Å². The van der Waals surface area contributed by atoms with Crippen LogP contribution in [0.25, 0.3) is 0 Å². The normalized spacial score (nSPS) is 19.6. The van der Waals surface area contributed by atoms with E-state index in [9.17, 15) is 8.42 Å². The van der Waals surface area contributed by atoms with E-state index < -0.39 is 21.3 Å². The Morgan fingerprint density at radius 2 is 1.61 bits per heavy atom. The van der Waals surface area contributed by atoms with Crippen LogP contribution in [0.2, 0.25) is 0 Å². The van der Waals surface area contributed by atoms with Crippen LogP contribution in [0.4, 0.5) is 0 Å². The van der Waals surface area contributed by atoms with E-state index in [0.29, 0.717) is 12.3 Å². The lowest BCUT2D eigenvalue weighted by molar-refractivity contribution is -0.110. The third kappa shape index (κ3) is 4.80. The molecule has 1 fully saturated rings. The molecule has 6 nitrogen and oxygen atoms in total. The Labute approximate surface area is 183 Å². The highest BCUT2D eigenvalue weighted by Crippen LogP contribution is 2.36. The van der Waals surface area contributed by atoms with Gasteiger partial charge in [0.15, 0.2) is 0 Å². The van der Waals surface area contributed by atoms with E-state index in [2.05, 4.69) is 0 Å². The second kappa shape index (κ2) is 9.20. The summed E-state index contributed by atoms with van der Waals surface area (Å²) in [6.45, 7) is 0.416. The summed E-state index contributed by atoms with van der Waals surface area (Å²) in [5.41, 5.74) is 1.77. The molecule has 0 saturated carbocycles. The molecule has 0 bridgehead atoms. The number of ether oxygens (including phenoxy) is 1. The maximum absolute atomic E-state index is 13.4. The zero-order chi connectivity index (χ0) is 21.8. The molecular formula is C24H26N2O4S. The maximum atomic E-state index is 13.4. The number of benzene rings is 3. The predicted molar refractivity (Wildman–Crippen MR) is 120 cm³/mol. The molecule has 1 saturated heterocycles. The SMILES string of the molecule is CN1OCC(S(=O)(=O)N(C)Cc2ccccc2)C1c1cccc(Oc2ccccc2)c1. The number of hydrogen-bond acceptors (Lipinski definition) is 5. The number of hydroxylamine groups is 2. The molecule has 4 rings (SSSR count). The van der Waals surface area contributed by atoms with Crippen molar-refractivity contribution in [1.29, 1.82) is 0 Å². The van der Waals surface area contributed by atoms with Crippen molar-refractivity contribution in [2.45, 2.75) is 17.8 Å². The lowest BCUT2D eigenvalue weighted by Gasteiger charge is -2.27. The van der Waals surface area contributed by atoms with Gasteiger partial charge >= 0.3 is 0 Å². The van der Waals surface area contributed by atoms with Gasteiger partial charge in [-0.2, -0.15) is 5.06 Å². The van der Waals surface area contributed by atoms with E-state index in [1.54, 1.807) is 19.2 Å². The Hall–Kier alpha value is -2.71. The third-order valence-electron chi connectivity index (χ3n) is 5.43. The fourth-order valence-corrected chi connectivity index (χ4v) is 5.50. The Morgan fingerprint density at radius 3 is 2.32 bits per heavy atom. The molecule has 31 heavy (non-hydrogen) atoms. The van der Waals surface area contributed by atoms with Crippen molar-refractivity contribution in [1.82, 2.24) is 9.37 Å². The van der Waals surface area contributed by atoms with E-state index in [-0.39, 0.29) is 6.61 Å². The van der Waals surface area contributed by atoms with Gasteiger partial charge in [0.25, 0.3) is 0 Å². The first-order valence-electron chi connectivity index (χ1n) is 10.1. The minimum Gasteiger partial charge on any atom is -0.457 e. The van der Waals surface area contributed by atoms with Crippen LogP contribution in [0.1, 0.15) is 17.2 Å². The Bertz CT molecular complexity index is 1110. The van der Waals surface area contributed by atoms with Crippen LogP contribution >= 0.6 is 0 Å². The summed E-state index contributed by atoms with van der Waals surface area (Å²) in [6, 6.07) is 26.1. The molecule has 0 aromatic heterocycles. The predicted octanol–water partition coefficient (Wildman–Crippen LogP) is 4.23. The quantitative estimate of drug-likeness (QED) is 0.553. The summed E-state index contributed by atoms with van der Waals surface area (Å²) in [7, 11) is -0.229. The van der Waals surface area contributed by atoms with Crippen LogP contribution < -0.4 is 4.74 Å². The highest BCUT2D eigenvalue weighted by Gasteiger charge is 2.45. The highest BCUT2D eigenvalue weighted by atomic mass is 32.2. The molecule has 1 aliphatic heterocycles. The van der Waals surface area contributed by atoms with Gasteiger partial charge in [-0.15, -0.1) is 0 Å². The van der Waals surface area contributed by atoms with Crippen molar-refractivity contribution >= 4 is 10.0 Å². The minimum atomic E-state index is -3.61. The van der Waals surface area contributed by atoms with Gasteiger partial charge in [0.05, 0.1) is 12.6 Å². The zero-order valence-electron chi connectivity index (χ0n) is 17.6. The highest BCUT2D eigenvalue weighted by molar-refractivity contribution is 7.89. The van der Waals surface area contributed by atoms with E-state index in [4.69, 9.17) is 9.57 Å². The van der Waals surface area contributed by atoms with Crippen molar-refractivity contribution < 1.29 is 18.0 Å². The van der Waals surface area contributed by atoms with Crippen LogP contribution in [-0.4, -0.2) is 43.7 Å². The molecule has 3 aromatic carbocycles. The topological polar surface area (TPSA) is 59.1 Å². The third-order valence-corrected chi connectivity index (χ3v) is 7.59. The van der Waals surface area contributed by atoms with Crippen LogP contribution in [-0.2, 0) is 21.4 Å². The number of sulfonamides is 1. The molecule has 2 atom stereocenters. The van der Waals surface area contributed by atoms with Crippen LogP contribution in [0.5, 0.6) is 11.5 Å². The van der Waals surface area contributed by atoms with Gasteiger partial charge < -0.3 is 4.74 Å². The lowest BCUT2D eigenvalue weighted by Crippen LogP contribution is -2.40. The zero-order valence-corrected chi connectivity index (χ0v) is 18.4. The Balaban J connectivity index is 1.58. The number of rotatable bonds is 7. The van der Waals surface area contributed by atoms with Crippen molar-refractivity contribution in [2.75, 3.05) is 20.7 Å². The molecule has 3 aromatic rings. The molecule has 1 aliphatic rings. The first kappa shape index (κ1) is 21.5. The average molecular weight is 439 g/mol. The number of hydrogen-bond donors (Lipinski definition) is 0. The maximum Gasteiger partial charge on any atom is 0.221 e. The van der Waals surface area contributed by atoms with Gasteiger partial charge in [-0.25, -0.2) is 12.7 Å². The van der Waals surface area contributed by atoms with Crippen molar-refractivity contribution in [3.05, 3.63) is 96.1 Å². The van der Waals surface area contributed by atoms with Crippen LogP contribution in [0.15, 0.2) is 84.9 Å². The fraction of sp³-hybridized carbons (Fsp3) is 0.250. The molecule has 2 unspecified atom stereocenters. The second-order valence-corrected chi connectivity index (χ2v) is 9.86.